The first-order valence-electron chi connectivity index (χ1n) is 7.23. The third-order valence-electron chi connectivity index (χ3n) is 3.14. The third-order valence-corrected chi connectivity index (χ3v) is 3.63. The van der Waals surface area contributed by atoms with Gasteiger partial charge in [0.15, 0.2) is 0 Å². The molecular formula is C15H20BrN3O3. The van der Waals surface area contributed by atoms with E-state index in [-0.39, 0.29) is 5.91 Å². The van der Waals surface area contributed by atoms with Gasteiger partial charge in [0.1, 0.15) is 5.75 Å². The van der Waals surface area contributed by atoms with E-state index < -0.39 is 0 Å². The number of benzene rings is 1. The number of ether oxygens (including phenoxy) is 2. The predicted octanol–water partition coefficient (Wildman–Crippen LogP) is 1.63. The van der Waals surface area contributed by atoms with Gasteiger partial charge in [0.05, 0.1) is 32.6 Å². The number of hydrazone groups is 1. The van der Waals surface area contributed by atoms with E-state index in [1.807, 2.05) is 30.0 Å². The van der Waals surface area contributed by atoms with Gasteiger partial charge in [-0.25, -0.2) is 5.43 Å². The summed E-state index contributed by atoms with van der Waals surface area (Å²) in [7, 11) is 0. The Morgan fingerprint density at radius 1 is 1.50 bits per heavy atom. The molecule has 1 aromatic rings. The van der Waals surface area contributed by atoms with E-state index >= 15 is 0 Å². The Bertz CT molecular complexity index is 531. The zero-order chi connectivity index (χ0) is 15.8. The van der Waals surface area contributed by atoms with Crippen molar-refractivity contribution in [1.29, 1.82) is 0 Å². The first-order chi connectivity index (χ1) is 10.7. The molecule has 0 bridgehead atoms. The third kappa shape index (κ3) is 5.40. The van der Waals surface area contributed by atoms with Gasteiger partial charge in [-0.05, 0) is 25.1 Å². The minimum absolute atomic E-state index is 0.133. The minimum Gasteiger partial charge on any atom is -0.493 e. The maximum atomic E-state index is 11.8. The fraction of sp³-hybridized carbons (Fsp3) is 0.467. The number of nitrogens with one attached hydrogen (secondary N) is 1. The number of halogens is 1. The van der Waals surface area contributed by atoms with Crippen molar-refractivity contribution in [1.82, 2.24) is 10.3 Å². The molecule has 1 aliphatic heterocycles. The molecule has 0 aromatic heterocycles. The lowest BCUT2D eigenvalue weighted by Gasteiger charge is -2.25. The number of hydrogen-bond donors (Lipinski definition) is 1. The normalized spacial score (nSPS) is 15.9. The van der Waals surface area contributed by atoms with Gasteiger partial charge in [-0.3, -0.25) is 9.69 Å². The van der Waals surface area contributed by atoms with Crippen LogP contribution in [0.3, 0.4) is 0 Å². The summed E-state index contributed by atoms with van der Waals surface area (Å²) in [6.07, 6.45) is 1.59. The van der Waals surface area contributed by atoms with Crippen molar-refractivity contribution in [2.75, 3.05) is 39.5 Å². The highest BCUT2D eigenvalue weighted by molar-refractivity contribution is 9.10. The molecule has 1 N–H and O–H groups in total. The molecule has 2 rings (SSSR count). The van der Waals surface area contributed by atoms with Gasteiger partial charge >= 0.3 is 0 Å². The Kier molecular flexibility index (Phi) is 6.82. The van der Waals surface area contributed by atoms with Gasteiger partial charge in [-0.2, -0.15) is 5.10 Å². The monoisotopic (exact) mass is 369 g/mol. The van der Waals surface area contributed by atoms with Crippen LogP contribution >= 0.6 is 15.9 Å². The van der Waals surface area contributed by atoms with Crippen molar-refractivity contribution in [3.63, 3.8) is 0 Å². The quantitative estimate of drug-likeness (QED) is 0.611. The van der Waals surface area contributed by atoms with E-state index in [4.69, 9.17) is 9.47 Å². The minimum atomic E-state index is -0.133. The SMILES string of the molecule is CCOc1ccc(Br)cc1/C=N\NC(=O)CN1CCOCC1. The second kappa shape index (κ2) is 8.87. The number of carbonyl (C=O) groups excluding carboxylic acids is 1. The highest BCUT2D eigenvalue weighted by Gasteiger charge is 2.13. The lowest BCUT2D eigenvalue weighted by atomic mass is 10.2. The standard InChI is InChI=1S/C15H20BrN3O3/c1-2-22-14-4-3-13(16)9-12(14)10-17-18-15(20)11-19-5-7-21-8-6-19/h3-4,9-10H,2,5-8,11H2,1H3,(H,18,20)/b17-10-. The molecule has 0 saturated carbocycles. The average molecular weight is 370 g/mol. The van der Waals surface area contributed by atoms with E-state index in [1.54, 1.807) is 6.21 Å². The molecule has 0 unspecified atom stereocenters. The van der Waals surface area contributed by atoms with E-state index in [2.05, 4.69) is 26.5 Å². The van der Waals surface area contributed by atoms with Crippen LogP contribution in [0.15, 0.2) is 27.8 Å². The smallest absolute Gasteiger partial charge is 0.254 e. The van der Waals surface area contributed by atoms with Crippen LogP contribution in [-0.2, 0) is 9.53 Å². The Morgan fingerprint density at radius 2 is 2.27 bits per heavy atom. The fourth-order valence-electron chi connectivity index (χ4n) is 2.08. The van der Waals surface area contributed by atoms with Gasteiger partial charge in [-0.1, -0.05) is 15.9 Å². The van der Waals surface area contributed by atoms with Crippen molar-refractivity contribution in [2.24, 2.45) is 5.10 Å². The number of rotatable bonds is 6. The van der Waals surface area contributed by atoms with Crippen molar-refractivity contribution >= 4 is 28.1 Å². The number of nitrogens with zero attached hydrogens (tertiary/aromatic N) is 2. The van der Waals surface area contributed by atoms with Crippen LogP contribution < -0.4 is 10.2 Å². The van der Waals surface area contributed by atoms with E-state index in [9.17, 15) is 4.79 Å². The first-order valence-corrected chi connectivity index (χ1v) is 8.02. The zero-order valence-corrected chi connectivity index (χ0v) is 14.1. The molecule has 1 aliphatic rings. The highest BCUT2D eigenvalue weighted by atomic mass is 79.9. The molecule has 0 radical (unpaired) electrons. The summed E-state index contributed by atoms with van der Waals surface area (Å²) in [4.78, 5) is 13.9. The van der Waals surface area contributed by atoms with Crippen LogP contribution in [0.5, 0.6) is 5.75 Å². The largest absolute Gasteiger partial charge is 0.493 e. The number of amides is 1. The Morgan fingerprint density at radius 3 is 3.00 bits per heavy atom. The summed E-state index contributed by atoms with van der Waals surface area (Å²) in [5, 5.41) is 4.01. The van der Waals surface area contributed by atoms with Gasteiger partial charge in [0, 0.05) is 23.1 Å². The van der Waals surface area contributed by atoms with Crippen molar-refractivity contribution in [2.45, 2.75) is 6.92 Å². The van der Waals surface area contributed by atoms with Crippen LogP contribution in [0.1, 0.15) is 12.5 Å². The van der Waals surface area contributed by atoms with Gasteiger partial charge < -0.3 is 9.47 Å². The van der Waals surface area contributed by atoms with Gasteiger partial charge in [0.2, 0.25) is 0 Å². The summed E-state index contributed by atoms with van der Waals surface area (Å²) in [6, 6.07) is 5.66. The predicted molar refractivity (Wildman–Crippen MR) is 88.3 cm³/mol. The summed E-state index contributed by atoms with van der Waals surface area (Å²) in [5.41, 5.74) is 3.35. The lowest BCUT2D eigenvalue weighted by molar-refractivity contribution is -0.123. The van der Waals surface area contributed by atoms with E-state index in [0.717, 1.165) is 28.9 Å². The van der Waals surface area contributed by atoms with E-state index in [1.165, 1.54) is 0 Å². The van der Waals surface area contributed by atoms with Crippen LogP contribution in [0.25, 0.3) is 0 Å². The molecule has 6 nitrogen and oxygen atoms in total. The highest BCUT2D eigenvalue weighted by Crippen LogP contribution is 2.21. The van der Waals surface area contributed by atoms with Crippen LogP contribution in [-0.4, -0.2) is 56.5 Å². The lowest BCUT2D eigenvalue weighted by Crippen LogP contribution is -2.42. The molecule has 0 atom stereocenters. The van der Waals surface area contributed by atoms with Gasteiger partial charge in [-0.15, -0.1) is 0 Å². The average Bonchev–Trinajstić information content (AvgIpc) is 2.51. The fourth-order valence-corrected chi connectivity index (χ4v) is 2.46. The van der Waals surface area contributed by atoms with Crippen molar-refractivity contribution < 1.29 is 14.3 Å². The summed E-state index contributed by atoms with van der Waals surface area (Å²) >= 11 is 3.41. The molecule has 1 fully saturated rings. The Balaban J connectivity index is 1.88. The Hall–Kier alpha value is -1.44. The molecule has 120 valence electrons. The maximum absolute atomic E-state index is 11.8. The summed E-state index contributed by atoms with van der Waals surface area (Å²) in [6.45, 7) is 5.73. The molecule has 0 aliphatic carbocycles. The molecule has 22 heavy (non-hydrogen) atoms. The Labute approximate surface area is 138 Å². The van der Waals surface area contributed by atoms with Crippen LogP contribution in [0.4, 0.5) is 0 Å². The molecule has 1 amide bonds. The number of carbonyl (C=O) groups is 1. The summed E-state index contributed by atoms with van der Waals surface area (Å²) in [5.74, 6) is 0.600. The van der Waals surface area contributed by atoms with Crippen molar-refractivity contribution in [3.05, 3.63) is 28.2 Å². The second-order valence-electron chi connectivity index (χ2n) is 4.80. The molecule has 1 heterocycles. The molecule has 1 aromatic carbocycles. The van der Waals surface area contributed by atoms with Crippen LogP contribution in [0.2, 0.25) is 0 Å². The zero-order valence-electron chi connectivity index (χ0n) is 12.5. The second-order valence-corrected chi connectivity index (χ2v) is 5.71. The number of hydrogen-bond acceptors (Lipinski definition) is 5. The molecular weight excluding hydrogens is 350 g/mol. The van der Waals surface area contributed by atoms with E-state index in [0.29, 0.717) is 26.4 Å². The van der Waals surface area contributed by atoms with Gasteiger partial charge in [0.25, 0.3) is 5.91 Å². The molecule has 7 heteroatoms. The summed E-state index contributed by atoms with van der Waals surface area (Å²) < 4.78 is 11.7. The maximum Gasteiger partial charge on any atom is 0.254 e. The molecule has 0 spiro atoms. The molecule has 1 saturated heterocycles. The number of morpholine rings is 1. The van der Waals surface area contributed by atoms with Crippen molar-refractivity contribution in [3.8, 4) is 5.75 Å². The topological polar surface area (TPSA) is 63.2 Å². The van der Waals surface area contributed by atoms with Crippen LogP contribution in [0, 0.1) is 0 Å². The first kappa shape index (κ1) is 16.9.